The monoisotopic (exact) mass is 238 g/mol. The van der Waals surface area contributed by atoms with Crippen molar-refractivity contribution in [1.82, 2.24) is 10.2 Å². The van der Waals surface area contributed by atoms with Gasteiger partial charge in [0.25, 0.3) is 0 Å². The quantitative estimate of drug-likeness (QED) is 0.867. The van der Waals surface area contributed by atoms with Gasteiger partial charge in [-0.3, -0.25) is 0 Å². The normalized spacial score (nSPS) is 26.2. The third kappa shape index (κ3) is 3.30. The van der Waals surface area contributed by atoms with Gasteiger partial charge in [0.15, 0.2) is 0 Å². The van der Waals surface area contributed by atoms with Crippen LogP contribution in [0, 0.1) is 0 Å². The van der Waals surface area contributed by atoms with Crippen LogP contribution in [-0.4, -0.2) is 31.1 Å². The Bertz CT molecular complexity index is 295. The lowest BCUT2D eigenvalue weighted by atomic mass is 9.90. The SMILES string of the molecule is CN(C)C1CCCC(NCc2ccsc2)C1. The Hall–Kier alpha value is -0.380. The predicted molar refractivity (Wildman–Crippen MR) is 70.9 cm³/mol. The lowest BCUT2D eigenvalue weighted by molar-refractivity contribution is 0.198. The molecule has 0 radical (unpaired) electrons. The second kappa shape index (κ2) is 5.80. The molecule has 1 aromatic heterocycles. The van der Waals surface area contributed by atoms with Gasteiger partial charge in [0.2, 0.25) is 0 Å². The summed E-state index contributed by atoms with van der Waals surface area (Å²) in [4.78, 5) is 2.37. The van der Waals surface area contributed by atoms with Crippen LogP contribution in [0.2, 0.25) is 0 Å². The Kier molecular flexibility index (Phi) is 4.38. The van der Waals surface area contributed by atoms with Crippen LogP contribution in [0.1, 0.15) is 31.2 Å². The van der Waals surface area contributed by atoms with E-state index in [2.05, 4.69) is 41.1 Å². The molecule has 2 atom stereocenters. The van der Waals surface area contributed by atoms with Gasteiger partial charge in [-0.2, -0.15) is 11.3 Å². The Labute approximate surface area is 103 Å². The van der Waals surface area contributed by atoms with Crippen molar-refractivity contribution in [1.29, 1.82) is 0 Å². The van der Waals surface area contributed by atoms with E-state index in [1.165, 1.54) is 31.2 Å². The molecule has 1 fully saturated rings. The van der Waals surface area contributed by atoms with Crippen LogP contribution in [0.5, 0.6) is 0 Å². The maximum Gasteiger partial charge on any atom is 0.0216 e. The topological polar surface area (TPSA) is 15.3 Å². The molecule has 0 aliphatic heterocycles. The average molecular weight is 238 g/mol. The number of rotatable bonds is 4. The van der Waals surface area contributed by atoms with Gasteiger partial charge in [-0.1, -0.05) is 6.42 Å². The Morgan fingerprint density at radius 3 is 3.00 bits per heavy atom. The van der Waals surface area contributed by atoms with Gasteiger partial charge in [-0.25, -0.2) is 0 Å². The lowest BCUT2D eigenvalue weighted by Crippen LogP contribution is -2.41. The van der Waals surface area contributed by atoms with Gasteiger partial charge < -0.3 is 10.2 Å². The highest BCUT2D eigenvalue weighted by Gasteiger charge is 2.22. The second-order valence-corrected chi connectivity index (χ2v) is 5.77. The number of thiophene rings is 1. The lowest BCUT2D eigenvalue weighted by Gasteiger charge is -2.33. The van der Waals surface area contributed by atoms with Crippen molar-refractivity contribution in [2.24, 2.45) is 0 Å². The molecule has 0 saturated heterocycles. The van der Waals surface area contributed by atoms with Crippen molar-refractivity contribution >= 4 is 11.3 Å². The summed E-state index contributed by atoms with van der Waals surface area (Å²) in [5, 5.41) is 8.08. The van der Waals surface area contributed by atoms with E-state index in [9.17, 15) is 0 Å². The number of hydrogen-bond acceptors (Lipinski definition) is 3. The number of nitrogens with one attached hydrogen (secondary N) is 1. The highest BCUT2D eigenvalue weighted by Crippen LogP contribution is 2.22. The second-order valence-electron chi connectivity index (χ2n) is 4.99. The molecule has 1 saturated carbocycles. The maximum absolute atomic E-state index is 3.69. The van der Waals surface area contributed by atoms with E-state index in [1.807, 2.05) is 0 Å². The van der Waals surface area contributed by atoms with Crippen molar-refractivity contribution in [2.75, 3.05) is 14.1 Å². The summed E-state index contributed by atoms with van der Waals surface area (Å²) in [7, 11) is 4.40. The number of nitrogens with zero attached hydrogens (tertiary/aromatic N) is 1. The summed E-state index contributed by atoms with van der Waals surface area (Å²) in [6, 6.07) is 3.69. The number of hydrogen-bond donors (Lipinski definition) is 1. The highest BCUT2D eigenvalue weighted by molar-refractivity contribution is 7.07. The van der Waals surface area contributed by atoms with Crippen molar-refractivity contribution < 1.29 is 0 Å². The summed E-state index contributed by atoms with van der Waals surface area (Å²) in [5.41, 5.74) is 1.43. The molecular weight excluding hydrogens is 216 g/mol. The molecule has 2 unspecified atom stereocenters. The van der Waals surface area contributed by atoms with Crippen molar-refractivity contribution in [3.8, 4) is 0 Å². The van der Waals surface area contributed by atoms with Crippen LogP contribution in [0.15, 0.2) is 16.8 Å². The van der Waals surface area contributed by atoms with Gasteiger partial charge in [-0.05, 0) is 55.7 Å². The van der Waals surface area contributed by atoms with E-state index in [4.69, 9.17) is 0 Å². The van der Waals surface area contributed by atoms with Gasteiger partial charge in [-0.15, -0.1) is 0 Å². The summed E-state index contributed by atoms with van der Waals surface area (Å²) in [5.74, 6) is 0. The van der Waals surface area contributed by atoms with Crippen molar-refractivity contribution in [3.05, 3.63) is 22.4 Å². The third-order valence-electron chi connectivity index (χ3n) is 3.55. The fourth-order valence-electron chi connectivity index (χ4n) is 2.47. The first-order chi connectivity index (χ1) is 7.75. The van der Waals surface area contributed by atoms with E-state index in [1.54, 1.807) is 11.3 Å². The van der Waals surface area contributed by atoms with Gasteiger partial charge >= 0.3 is 0 Å². The zero-order chi connectivity index (χ0) is 11.4. The summed E-state index contributed by atoms with van der Waals surface area (Å²) < 4.78 is 0. The molecule has 90 valence electrons. The molecule has 1 aliphatic carbocycles. The molecule has 1 aromatic rings. The zero-order valence-electron chi connectivity index (χ0n) is 10.3. The Morgan fingerprint density at radius 2 is 2.31 bits per heavy atom. The third-order valence-corrected chi connectivity index (χ3v) is 4.28. The predicted octanol–water partition coefficient (Wildman–Crippen LogP) is 2.71. The molecule has 16 heavy (non-hydrogen) atoms. The van der Waals surface area contributed by atoms with Crippen LogP contribution in [0.3, 0.4) is 0 Å². The van der Waals surface area contributed by atoms with Crippen LogP contribution in [0.4, 0.5) is 0 Å². The first kappa shape index (κ1) is 12.1. The summed E-state index contributed by atoms with van der Waals surface area (Å²) in [6.45, 7) is 1.04. The minimum absolute atomic E-state index is 0.709. The molecule has 0 aromatic carbocycles. The average Bonchev–Trinajstić information content (AvgIpc) is 2.79. The van der Waals surface area contributed by atoms with Crippen LogP contribution < -0.4 is 5.32 Å². The first-order valence-electron chi connectivity index (χ1n) is 6.16. The van der Waals surface area contributed by atoms with E-state index in [-0.39, 0.29) is 0 Å². The summed E-state index contributed by atoms with van der Waals surface area (Å²) in [6.07, 6.45) is 5.37. The van der Waals surface area contributed by atoms with E-state index in [0.717, 1.165) is 12.6 Å². The molecule has 3 heteroatoms. The van der Waals surface area contributed by atoms with Crippen molar-refractivity contribution in [2.45, 2.75) is 44.3 Å². The molecule has 0 spiro atoms. The zero-order valence-corrected chi connectivity index (χ0v) is 11.1. The molecule has 2 rings (SSSR count). The fraction of sp³-hybridized carbons (Fsp3) is 0.692. The van der Waals surface area contributed by atoms with E-state index < -0.39 is 0 Å². The van der Waals surface area contributed by atoms with E-state index in [0.29, 0.717) is 6.04 Å². The van der Waals surface area contributed by atoms with Crippen molar-refractivity contribution in [3.63, 3.8) is 0 Å². The fourth-order valence-corrected chi connectivity index (χ4v) is 3.14. The maximum atomic E-state index is 3.69. The van der Waals surface area contributed by atoms with Gasteiger partial charge in [0.1, 0.15) is 0 Å². The molecule has 1 N–H and O–H groups in total. The minimum atomic E-state index is 0.709. The Balaban J connectivity index is 1.77. The van der Waals surface area contributed by atoms with Gasteiger partial charge in [0, 0.05) is 18.6 Å². The molecule has 0 bridgehead atoms. The highest BCUT2D eigenvalue weighted by atomic mass is 32.1. The molecule has 0 amide bonds. The van der Waals surface area contributed by atoms with Crippen LogP contribution >= 0.6 is 11.3 Å². The van der Waals surface area contributed by atoms with E-state index >= 15 is 0 Å². The minimum Gasteiger partial charge on any atom is -0.310 e. The summed E-state index contributed by atoms with van der Waals surface area (Å²) >= 11 is 1.78. The van der Waals surface area contributed by atoms with Gasteiger partial charge in [0.05, 0.1) is 0 Å². The largest absolute Gasteiger partial charge is 0.310 e. The standard InChI is InChI=1S/C13H22N2S/c1-15(2)13-5-3-4-12(8-13)14-9-11-6-7-16-10-11/h6-7,10,12-14H,3-5,8-9H2,1-2H3. The van der Waals surface area contributed by atoms with Crippen LogP contribution in [-0.2, 0) is 6.54 Å². The molecule has 1 heterocycles. The molecular formula is C13H22N2S. The first-order valence-corrected chi connectivity index (χ1v) is 7.11. The van der Waals surface area contributed by atoms with Crippen LogP contribution in [0.25, 0.3) is 0 Å². The Morgan fingerprint density at radius 1 is 1.44 bits per heavy atom. The smallest absolute Gasteiger partial charge is 0.0216 e. The molecule has 2 nitrogen and oxygen atoms in total. The molecule has 1 aliphatic rings.